The minimum atomic E-state index is -4.39. The van der Waals surface area contributed by atoms with E-state index >= 15 is 0 Å². The van der Waals surface area contributed by atoms with Crippen LogP contribution < -0.4 is 5.32 Å². The lowest BCUT2D eigenvalue weighted by molar-refractivity contribution is -0.137. The number of hydrogen-bond acceptors (Lipinski definition) is 3. The van der Waals surface area contributed by atoms with E-state index in [4.69, 9.17) is 4.74 Å². The van der Waals surface area contributed by atoms with Gasteiger partial charge in [-0.3, -0.25) is 4.90 Å². The summed E-state index contributed by atoms with van der Waals surface area (Å²) in [6.45, 7) is 4.49. The highest BCUT2D eigenvalue weighted by Gasteiger charge is 2.38. The summed E-state index contributed by atoms with van der Waals surface area (Å²) in [6, 6.07) is 14.5. The van der Waals surface area contributed by atoms with Crippen molar-refractivity contribution < 1.29 is 22.7 Å². The van der Waals surface area contributed by atoms with Crippen LogP contribution in [0.25, 0.3) is 0 Å². The third-order valence-corrected chi connectivity index (χ3v) is 5.99. The van der Waals surface area contributed by atoms with Crippen LogP contribution in [0.15, 0.2) is 54.6 Å². The molecule has 2 aliphatic heterocycles. The van der Waals surface area contributed by atoms with E-state index in [-0.39, 0.29) is 17.9 Å². The van der Waals surface area contributed by atoms with Crippen LogP contribution in [0.4, 0.5) is 23.7 Å². The number of hydrogen-bond donors (Lipinski definition) is 1. The molecule has 1 N–H and O–H groups in total. The number of carbonyl (C=O) groups is 1. The first-order valence-corrected chi connectivity index (χ1v) is 10.5. The number of amides is 2. The van der Waals surface area contributed by atoms with Crippen LogP contribution in [0, 0.1) is 5.92 Å². The molecular formula is C23H26F3N3O2. The number of anilines is 1. The Hall–Kier alpha value is -2.58. The summed E-state index contributed by atoms with van der Waals surface area (Å²) in [5.74, 6) is -0.116. The largest absolute Gasteiger partial charge is 0.416 e. The number of ether oxygens (including phenoxy) is 1. The molecule has 8 heteroatoms. The standard InChI is InChI=1S/C23H26F3N3O2/c24-23(25,26)19-6-4-5-17(13-19)21-16-29(22(30)27-20-7-2-1-3-8-20)15-18(21)14-28-9-11-31-12-10-28/h1-8,13,18,21H,9-12,14-16H2,(H,27,30). The van der Waals surface area contributed by atoms with Crippen molar-refractivity contribution in [3.63, 3.8) is 0 Å². The summed E-state index contributed by atoms with van der Waals surface area (Å²) in [6.07, 6.45) is -4.39. The van der Waals surface area contributed by atoms with Gasteiger partial charge in [-0.15, -0.1) is 0 Å². The van der Waals surface area contributed by atoms with Crippen molar-refractivity contribution in [2.24, 2.45) is 5.92 Å². The maximum absolute atomic E-state index is 13.3. The molecule has 0 radical (unpaired) electrons. The van der Waals surface area contributed by atoms with Gasteiger partial charge >= 0.3 is 12.2 Å². The van der Waals surface area contributed by atoms with Gasteiger partial charge in [-0.05, 0) is 29.7 Å². The maximum Gasteiger partial charge on any atom is 0.416 e. The summed E-state index contributed by atoms with van der Waals surface area (Å²) in [4.78, 5) is 16.8. The van der Waals surface area contributed by atoms with E-state index in [9.17, 15) is 18.0 Å². The number of benzene rings is 2. The fraction of sp³-hybridized carbons (Fsp3) is 0.435. The van der Waals surface area contributed by atoms with E-state index in [1.54, 1.807) is 11.0 Å². The molecular weight excluding hydrogens is 407 g/mol. The van der Waals surface area contributed by atoms with Crippen molar-refractivity contribution in [1.29, 1.82) is 0 Å². The Kier molecular flexibility index (Phi) is 6.48. The second-order valence-electron chi connectivity index (χ2n) is 8.10. The molecule has 2 saturated heterocycles. The summed E-state index contributed by atoms with van der Waals surface area (Å²) >= 11 is 0. The van der Waals surface area contributed by atoms with Crippen LogP contribution >= 0.6 is 0 Å². The number of urea groups is 1. The number of morpholine rings is 1. The highest BCUT2D eigenvalue weighted by molar-refractivity contribution is 5.89. The number of alkyl halides is 3. The second kappa shape index (κ2) is 9.28. The minimum Gasteiger partial charge on any atom is -0.379 e. The van der Waals surface area contributed by atoms with Gasteiger partial charge in [0.15, 0.2) is 0 Å². The van der Waals surface area contributed by atoms with Crippen LogP contribution in [0.5, 0.6) is 0 Å². The van der Waals surface area contributed by atoms with Crippen LogP contribution in [-0.2, 0) is 10.9 Å². The van der Waals surface area contributed by atoms with Crippen molar-refractivity contribution in [2.75, 3.05) is 51.3 Å². The molecule has 2 atom stereocenters. The molecule has 0 aromatic heterocycles. The molecule has 2 fully saturated rings. The van der Waals surface area contributed by atoms with Crippen LogP contribution in [0.3, 0.4) is 0 Å². The van der Waals surface area contributed by atoms with Gasteiger partial charge in [-0.1, -0.05) is 36.4 Å². The average molecular weight is 433 g/mol. The molecule has 166 valence electrons. The van der Waals surface area contributed by atoms with Crippen molar-refractivity contribution in [3.05, 3.63) is 65.7 Å². The quantitative estimate of drug-likeness (QED) is 0.783. The smallest absolute Gasteiger partial charge is 0.379 e. The summed E-state index contributed by atoms with van der Waals surface area (Å²) in [5, 5.41) is 2.89. The lowest BCUT2D eigenvalue weighted by Crippen LogP contribution is -2.41. The van der Waals surface area contributed by atoms with Gasteiger partial charge in [-0.2, -0.15) is 13.2 Å². The zero-order valence-corrected chi connectivity index (χ0v) is 17.1. The van der Waals surface area contributed by atoms with E-state index in [0.717, 1.165) is 25.7 Å². The molecule has 2 aliphatic rings. The van der Waals surface area contributed by atoms with Gasteiger partial charge in [0, 0.05) is 44.3 Å². The van der Waals surface area contributed by atoms with Crippen molar-refractivity contribution in [3.8, 4) is 0 Å². The number of rotatable bonds is 4. The highest BCUT2D eigenvalue weighted by Crippen LogP contribution is 2.37. The Morgan fingerprint density at radius 3 is 2.48 bits per heavy atom. The Morgan fingerprint density at radius 1 is 1.03 bits per heavy atom. The molecule has 4 rings (SSSR count). The predicted octanol–water partition coefficient (Wildman–Crippen LogP) is 4.29. The Morgan fingerprint density at radius 2 is 1.77 bits per heavy atom. The van der Waals surface area contributed by atoms with Gasteiger partial charge in [-0.25, -0.2) is 4.79 Å². The fourth-order valence-corrected chi connectivity index (χ4v) is 4.38. The van der Waals surface area contributed by atoms with Crippen LogP contribution in [0.2, 0.25) is 0 Å². The first-order chi connectivity index (χ1) is 14.9. The molecule has 31 heavy (non-hydrogen) atoms. The van der Waals surface area contributed by atoms with Crippen molar-refractivity contribution >= 4 is 11.7 Å². The molecule has 5 nitrogen and oxygen atoms in total. The normalized spacial score (nSPS) is 22.5. The monoisotopic (exact) mass is 433 g/mol. The third-order valence-electron chi connectivity index (χ3n) is 5.99. The molecule has 0 saturated carbocycles. The number of nitrogens with zero attached hydrogens (tertiary/aromatic N) is 2. The lowest BCUT2D eigenvalue weighted by Gasteiger charge is -2.31. The van der Waals surface area contributed by atoms with Crippen LogP contribution in [0.1, 0.15) is 17.0 Å². The number of nitrogens with one attached hydrogen (secondary N) is 1. The van der Waals surface area contributed by atoms with Crippen molar-refractivity contribution in [1.82, 2.24) is 9.80 Å². The van der Waals surface area contributed by atoms with E-state index in [1.807, 2.05) is 30.3 Å². The minimum absolute atomic E-state index is 0.0445. The van der Waals surface area contributed by atoms with Gasteiger partial charge < -0.3 is 15.0 Å². The second-order valence-corrected chi connectivity index (χ2v) is 8.10. The maximum atomic E-state index is 13.3. The van der Waals surface area contributed by atoms with Gasteiger partial charge in [0.05, 0.1) is 18.8 Å². The predicted molar refractivity (Wildman–Crippen MR) is 112 cm³/mol. The summed E-state index contributed by atoms with van der Waals surface area (Å²) in [7, 11) is 0. The average Bonchev–Trinajstić information content (AvgIpc) is 3.19. The zero-order chi connectivity index (χ0) is 21.8. The molecule has 0 aliphatic carbocycles. The molecule has 2 aromatic carbocycles. The first-order valence-electron chi connectivity index (χ1n) is 10.5. The molecule has 2 amide bonds. The van der Waals surface area contributed by atoms with E-state index in [1.165, 1.54) is 12.1 Å². The van der Waals surface area contributed by atoms with Gasteiger partial charge in [0.1, 0.15) is 0 Å². The van der Waals surface area contributed by atoms with Crippen LogP contribution in [-0.4, -0.2) is 61.8 Å². The van der Waals surface area contributed by atoms with E-state index in [0.29, 0.717) is 37.6 Å². The Labute approximate surface area is 179 Å². The van der Waals surface area contributed by atoms with Gasteiger partial charge in [0.25, 0.3) is 0 Å². The SMILES string of the molecule is O=C(Nc1ccccc1)N1CC(CN2CCOCC2)C(c2cccc(C(F)(F)F)c2)C1. The molecule has 2 unspecified atom stereocenters. The number of carbonyl (C=O) groups excluding carboxylic acids is 1. The number of halogens is 3. The summed E-state index contributed by atoms with van der Waals surface area (Å²) in [5.41, 5.74) is 0.671. The van der Waals surface area contributed by atoms with E-state index < -0.39 is 11.7 Å². The highest BCUT2D eigenvalue weighted by atomic mass is 19.4. The number of para-hydroxylation sites is 1. The van der Waals surface area contributed by atoms with Gasteiger partial charge in [0.2, 0.25) is 0 Å². The number of likely N-dealkylation sites (tertiary alicyclic amines) is 1. The lowest BCUT2D eigenvalue weighted by atomic mass is 9.87. The Bertz CT molecular complexity index is 885. The zero-order valence-electron chi connectivity index (χ0n) is 17.1. The van der Waals surface area contributed by atoms with Crippen molar-refractivity contribution in [2.45, 2.75) is 12.1 Å². The summed E-state index contributed by atoms with van der Waals surface area (Å²) < 4.78 is 45.2. The first kappa shape index (κ1) is 21.6. The molecule has 2 aromatic rings. The molecule has 2 heterocycles. The topological polar surface area (TPSA) is 44.8 Å². The van der Waals surface area contributed by atoms with E-state index in [2.05, 4.69) is 10.2 Å². The Balaban J connectivity index is 1.54. The fourth-order valence-electron chi connectivity index (χ4n) is 4.38. The molecule has 0 spiro atoms. The third kappa shape index (κ3) is 5.37. The molecule has 0 bridgehead atoms.